The molecule has 8 heteroatoms. The van der Waals surface area contributed by atoms with E-state index in [-0.39, 0.29) is 17.2 Å². The average molecular weight is 489 g/mol. The van der Waals surface area contributed by atoms with Crippen LogP contribution in [0.2, 0.25) is 0 Å². The first-order valence-corrected chi connectivity index (χ1v) is 10.9. The van der Waals surface area contributed by atoms with Gasteiger partial charge in [0.25, 0.3) is 0 Å². The van der Waals surface area contributed by atoms with E-state index in [9.17, 15) is 23.1 Å². The van der Waals surface area contributed by atoms with E-state index in [1.807, 2.05) is 36.4 Å². The summed E-state index contributed by atoms with van der Waals surface area (Å²) in [5.74, 6) is -1.52. The molecule has 0 fully saturated rings. The van der Waals surface area contributed by atoms with Gasteiger partial charge in [-0.3, -0.25) is 0 Å². The standard InChI is InChI=1S/C28H18F3NO4/c29-28(30,31)20-13-14-23(21(16-20)26-32-22-11-4-5-12-24(22)36-26)35-25(27(33)34)19-10-6-9-18(15-19)17-7-2-1-3-8-17/h1-16,25H,(H,33,34). The van der Waals surface area contributed by atoms with Crippen molar-refractivity contribution in [2.45, 2.75) is 12.3 Å². The molecule has 0 aliphatic rings. The van der Waals surface area contributed by atoms with Gasteiger partial charge in [-0.2, -0.15) is 13.2 Å². The van der Waals surface area contributed by atoms with Crippen molar-refractivity contribution < 1.29 is 32.2 Å². The van der Waals surface area contributed by atoms with Gasteiger partial charge in [0, 0.05) is 5.56 Å². The predicted octanol–water partition coefficient (Wildman–Crippen LogP) is 7.39. The van der Waals surface area contributed by atoms with Crippen molar-refractivity contribution >= 4 is 17.1 Å². The quantitative estimate of drug-likeness (QED) is 0.269. The number of hydrogen-bond acceptors (Lipinski definition) is 4. The Morgan fingerprint density at radius 1 is 0.861 bits per heavy atom. The van der Waals surface area contributed by atoms with Crippen molar-refractivity contribution in [2.24, 2.45) is 0 Å². The molecule has 1 aromatic heterocycles. The number of benzene rings is 4. The average Bonchev–Trinajstić information content (AvgIpc) is 3.31. The first-order chi connectivity index (χ1) is 17.3. The molecule has 0 radical (unpaired) electrons. The number of fused-ring (bicyclic) bond motifs is 1. The second-order valence-electron chi connectivity index (χ2n) is 8.02. The number of ether oxygens (including phenoxy) is 1. The van der Waals surface area contributed by atoms with Crippen LogP contribution in [0.4, 0.5) is 13.2 Å². The van der Waals surface area contributed by atoms with Crippen LogP contribution in [-0.2, 0) is 11.0 Å². The summed E-state index contributed by atoms with van der Waals surface area (Å²) in [5.41, 5.74) is 1.76. The van der Waals surface area contributed by atoms with Crippen LogP contribution in [-0.4, -0.2) is 16.1 Å². The lowest BCUT2D eigenvalue weighted by Crippen LogP contribution is -2.19. The fraction of sp³-hybridized carbons (Fsp3) is 0.0714. The van der Waals surface area contributed by atoms with Crippen LogP contribution >= 0.6 is 0 Å². The minimum Gasteiger partial charge on any atom is -0.478 e. The second-order valence-corrected chi connectivity index (χ2v) is 8.02. The third-order valence-electron chi connectivity index (χ3n) is 5.60. The summed E-state index contributed by atoms with van der Waals surface area (Å²) in [6, 6.07) is 25.7. The first kappa shape index (κ1) is 23.2. The maximum absolute atomic E-state index is 13.5. The lowest BCUT2D eigenvalue weighted by Gasteiger charge is -2.19. The molecule has 0 saturated carbocycles. The molecule has 5 aromatic rings. The molecule has 0 aliphatic carbocycles. The number of carboxylic acids is 1. The Bertz CT molecular complexity index is 1510. The molecule has 5 rings (SSSR count). The summed E-state index contributed by atoms with van der Waals surface area (Å²) in [6.07, 6.45) is -6.12. The number of carbonyl (C=O) groups is 1. The Labute approximate surface area is 203 Å². The normalized spacial score (nSPS) is 12.4. The molecular formula is C28H18F3NO4. The zero-order valence-electron chi connectivity index (χ0n) is 18.6. The lowest BCUT2D eigenvalue weighted by atomic mass is 10.0. The zero-order valence-corrected chi connectivity index (χ0v) is 18.6. The summed E-state index contributed by atoms with van der Waals surface area (Å²) in [6.45, 7) is 0. The van der Waals surface area contributed by atoms with Gasteiger partial charge in [0.2, 0.25) is 12.0 Å². The number of para-hydroxylation sites is 2. The van der Waals surface area contributed by atoms with Crippen molar-refractivity contribution in [1.82, 2.24) is 4.98 Å². The maximum atomic E-state index is 13.5. The molecule has 4 aromatic carbocycles. The molecule has 5 nitrogen and oxygen atoms in total. The van der Waals surface area contributed by atoms with Gasteiger partial charge >= 0.3 is 12.1 Å². The number of rotatable bonds is 6. The molecule has 0 bridgehead atoms. The number of aliphatic carboxylic acids is 1. The largest absolute Gasteiger partial charge is 0.478 e. The molecule has 0 aliphatic heterocycles. The van der Waals surface area contributed by atoms with Crippen LogP contribution in [0.5, 0.6) is 5.75 Å². The van der Waals surface area contributed by atoms with E-state index in [2.05, 4.69) is 4.98 Å². The number of nitrogens with zero attached hydrogens (tertiary/aromatic N) is 1. The van der Waals surface area contributed by atoms with E-state index in [4.69, 9.17) is 9.15 Å². The summed E-state index contributed by atoms with van der Waals surface area (Å²) in [7, 11) is 0. The smallest absolute Gasteiger partial charge is 0.416 e. The van der Waals surface area contributed by atoms with E-state index < -0.39 is 23.8 Å². The summed E-state index contributed by atoms with van der Waals surface area (Å²) in [4.78, 5) is 16.5. The highest BCUT2D eigenvalue weighted by molar-refractivity contribution is 5.79. The lowest BCUT2D eigenvalue weighted by molar-refractivity contribution is -0.145. The number of aromatic nitrogens is 1. The Kier molecular flexibility index (Phi) is 5.93. The fourth-order valence-electron chi connectivity index (χ4n) is 3.86. The van der Waals surface area contributed by atoms with Crippen molar-refractivity contribution in [2.75, 3.05) is 0 Å². The van der Waals surface area contributed by atoms with Crippen molar-refractivity contribution in [3.05, 3.63) is 108 Å². The Morgan fingerprint density at radius 3 is 2.31 bits per heavy atom. The van der Waals surface area contributed by atoms with Gasteiger partial charge < -0.3 is 14.3 Å². The highest BCUT2D eigenvalue weighted by atomic mass is 19.4. The molecule has 1 N–H and O–H groups in total. The third kappa shape index (κ3) is 4.65. The van der Waals surface area contributed by atoms with E-state index in [1.165, 1.54) is 0 Å². The monoisotopic (exact) mass is 489 g/mol. The zero-order chi connectivity index (χ0) is 25.3. The Balaban J connectivity index is 1.58. The molecule has 1 unspecified atom stereocenters. The van der Waals surface area contributed by atoms with E-state index in [0.29, 0.717) is 16.7 Å². The van der Waals surface area contributed by atoms with Crippen LogP contribution in [0.1, 0.15) is 17.2 Å². The second kappa shape index (κ2) is 9.22. The molecule has 0 amide bonds. The molecule has 0 saturated heterocycles. The van der Waals surface area contributed by atoms with Crippen LogP contribution in [0.25, 0.3) is 33.7 Å². The van der Waals surface area contributed by atoms with Crippen LogP contribution in [0.3, 0.4) is 0 Å². The highest BCUT2D eigenvalue weighted by Crippen LogP contribution is 2.39. The molecule has 1 atom stereocenters. The predicted molar refractivity (Wildman–Crippen MR) is 127 cm³/mol. The molecule has 1 heterocycles. The number of halogens is 3. The molecule has 180 valence electrons. The molecule has 36 heavy (non-hydrogen) atoms. The van der Waals surface area contributed by atoms with E-state index in [1.54, 1.807) is 42.5 Å². The first-order valence-electron chi connectivity index (χ1n) is 10.9. The van der Waals surface area contributed by atoms with Gasteiger partial charge in [-0.15, -0.1) is 0 Å². The van der Waals surface area contributed by atoms with Gasteiger partial charge in [-0.05, 0) is 47.5 Å². The minimum atomic E-state index is -4.63. The molecular weight excluding hydrogens is 471 g/mol. The Hall–Kier alpha value is -4.59. The topological polar surface area (TPSA) is 72.6 Å². The van der Waals surface area contributed by atoms with Gasteiger partial charge in [-0.1, -0.05) is 60.7 Å². The van der Waals surface area contributed by atoms with E-state index in [0.717, 1.165) is 29.3 Å². The summed E-state index contributed by atoms with van der Waals surface area (Å²) < 4.78 is 52.0. The maximum Gasteiger partial charge on any atom is 0.416 e. The number of hydrogen-bond donors (Lipinski definition) is 1. The van der Waals surface area contributed by atoms with Gasteiger partial charge in [-0.25, -0.2) is 9.78 Å². The van der Waals surface area contributed by atoms with Gasteiger partial charge in [0.15, 0.2) is 5.58 Å². The molecule has 0 spiro atoms. The van der Waals surface area contributed by atoms with Crippen LogP contribution in [0.15, 0.2) is 101 Å². The SMILES string of the molecule is O=C(O)C(Oc1ccc(C(F)(F)F)cc1-c1nc2ccccc2o1)c1cccc(-c2ccccc2)c1. The van der Waals surface area contributed by atoms with Crippen molar-refractivity contribution in [3.8, 4) is 28.3 Å². The van der Waals surface area contributed by atoms with Crippen LogP contribution < -0.4 is 4.74 Å². The van der Waals surface area contributed by atoms with Crippen LogP contribution in [0, 0.1) is 0 Å². The highest BCUT2D eigenvalue weighted by Gasteiger charge is 2.33. The Morgan fingerprint density at radius 2 is 1.58 bits per heavy atom. The van der Waals surface area contributed by atoms with E-state index >= 15 is 0 Å². The van der Waals surface area contributed by atoms with Crippen molar-refractivity contribution in [3.63, 3.8) is 0 Å². The number of oxazole rings is 1. The minimum absolute atomic E-state index is 0.105. The van der Waals surface area contributed by atoms with Gasteiger partial charge in [0.1, 0.15) is 11.3 Å². The van der Waals surface area contributed by atoms with Crippen molar-refractivity contribution in [1.29, 1.82) is 0 Å². The fourth-order valence-corrected chi connectivity index (χ4v) is 3.86. The third-order valence-corrected chi connectivity index (χ3v) is 5.60. The summed E-state index contributed by atoms with van der Waals surface area (Å²) >= 11 is 0. The number of carboxylic acid groups (broad SMARTS) is 1. The number of alkyl halides is 3. The van der Waals surface area contributed by atoms with Gasteiger partial charge in [0.05, 0.1) is 11.1 Å². The summed E-state index contributed by atoms with van der Waals surface area (Å²) in [5, 5.41) is 9.97.